The molecule has 1 aromatic carbocycles. The molecular formula is C21H24N2O7S2. The molecule has 0 unspecified atom stereocenters. The predicted molar refractivity (Wildman–Crippen MR) is 118 cm³/mol. The molecule has 172 valence electrons. The predicted octanol–water partition coefficient (Wildman–Crippen LogP) is 2.48. The van der Waals surface area contributed by atoms with Crippen LogP contribution in [0.5, 0.6) is 0 Å². The largest absolute Gasteiger partial charge is 0.478 e. The summed E-state index contributed by atoms with van der Waals surface area (Å²) in [5.74, 6) is -3.27. The maximum Gasteiger partial charge on any atom is 0.346 e. The molecule has 3 rings (SSSR count). The number of carbonyl (C=O) groups is 3. The van der Waals surface area contributed by atoms with Gasteiger partial charge in [-0.25, -0.2) is 18.0 Å². The van der Waals surface area contributed by atoms with Gasteiger partial charge < -0.3 is 15.1 Å². The van der Waals surface area contributed by atoms with Crippen molar-refractivity contribution in [3.05, 3.63) is 51.9 Å². The number of aromatic carboxylic acids is 2. The van der Waals surface area contributed by atoms with Crippen molar-refractivity contribution in [2.24, 2.45) is 0 Å². The lowest BCUT2D eigenvalue weighted by Gasteiger charge is -2.35. The number of benzene rings is 1. The summed E-state index contributed by atoms with van der Waals surface area (Å²) in [4.78, 5) is 37.4. The first kappa shape index (κ1) is 23.9. The first-order valence-corrected chi connectivity index (χ1v) is 12.3. The van der Waals surface area contributed by atoms with Gasteiger partial charge in [-0.1, -0.05) is 37.3 Å². The van der Waals surface area contributed by atoms with Crippen molar-refractivity contribution >= 4 is 39.2 Å². The quantitative estimate of drug-likeness (QED) is 0.622. The van der Waals surface area contributed by atoms with E-state index < -0.39 is 31.7 Å². The Morgan fingerprint density at radius 2 is 1.62 bits per heavy atom. The van der Waals surface area contributed by atoms with Crippen LogP contribution in [0.15, 0.2) is 34.5 Å². The van der Waals surface area contributed by atoms with Gasteiger partial charge in [0.25, 0.3) is 10.0 Å². The molecule has 2 N–H and O–H groups in total. The first-order chi connectivity index (χ1) is 15.1. The van der Waals surface area contributed by atoms with Crippen molar-refractivity contribution in [1.29, 1.82) is 0 Å². The van der Waals surface area contributed by atoms with Gasteiger partial charge in [0.1, 0.15) is 4.88 Å². The van der Waals surface area contributed by atoms with Gasteiger partial charge in [0.2, 0.25) is 5.91 Å². The van der Waals surface area contributed by atoms with Crippen LogP contribution in [-0.4, -0.2) is 71.9 Å². The second-order valence-electron chi connectivity index (χ2n) is 7.43. The van der Waals surface area contributed by atoms with Crippen molar-refractivity contribution in [2.75, 3.05) is 26.2 Å². The highest BCUT2D eigenvalue weighted by Crippen LogP contribution is 2.34. The third-order valence-electron chi connectivity index (χ3n) is 5.56. The Morgan fingerprint density at radius 1 is 1.03 bits per heavy atom. The minimum Gasteiger partial charge on any atom is -0.478 e. The fraction of sp³-hybridized carbons (Fsp3) is 0.381. The summed E-state index contributed by atoms with van der Waals surface area (Å²) < 4.78 is 27.0. The fourth-order valence-corrected chi connectivity index (χ4v) is 7.08. The molecule has 1 fully saturated rings. The van der Waals surface area contributed by atoms with E-state index in [0.717, 1.165) is 9.87 Å². The number of rotatable bonds is 7. The standard InChI is InChI=1S/C21H24N2O7S2/c1-3-15(14-7-5-4-6-8-14)18(24)22-9-11-23(12-10-22)32(29,30)21-16(19(25)26)13(2)17(31-21)20(27)28/h4-8,15H,3,9-12H2,1-2H3,(H,25,26)(H,27,28)/t15-/m0/s1. The molecule has 1 amide bonds. The van der Waals surface area contributed by atoms with E-state index in [2.05, 4.69) is 0 Å². The number of nitrogens with zero attached hydrogens (tertiary/aromatic N) is 2. The van der Waals surface area contributed by atoms with Crippen LogP contribution in [0.25, 0.3) is 0 Å². The van der Waals surface area contributed by atoms with E-state index in [0.29, 0.717) is 17.8 Å². The Labute approximate surface area is 189 Å². The molecular weight excluding hydrogens is 456 g/mol. The number of hydrogen-bond donors (Lipinski definition) is 2. The zero-order chi connectivity index (χ0) is 23.6. The van der Waals surface area contributed by atoms with Crippen molar-refractivity contribution in [3.8, 4) is 0 Å². The number of amides is 1. The highest BCUT2D eigenvalue weighted by molar-refractivity contribution is 7.91. The summed E-state index contributed by atoms with van der Waals surface area (Å²) >= 11 is 0.445. The van der Waals surface area contributed by atoms with E-state index in [1.807, 2.05) is 37.3 Å². The number of sulfonamides is 1. The molecule has 0 aliphatic carbocycles. The summed E-state index contributed by atoms with van der Waals surface area (Å²) in [6, 6.07) is 9.38. The molecule has 2 heterocycles. The number of hydrogen-bond acceptors (Lipinski definition) is 6. The van der Waals surface area contributed by atoms with Gasteiger partial charge in [0.15, 0.2) is 4.21 Å². The Hall–Kier alpha value is -2.76. The van der Waals surface area contributed by atoms with E-state index in [-0.39, 0.29) is 48.4 Å². The van der Waals surface area contributed by atoms with Gasteiger partial charge in [0.05, 0.1) is 11.5 Å². The summed E-state index contributed by atoms with van der Waals surface area (Å²) in [6.45, 7) is 3.53. The molecule has 1 atom stereocenters. The SMILES string of the molecule is CC[C@H](C(=O)N1CCN(S(=O)(=O)c2sc(C(=O)O)c(C)c2C(=O)O)CC1)c1ccccc1. The molecule has 1 aliphatic rings. The van der Waals surface area contributed by atoms with Gasteiger partial charge in [-0.2, -0.15) is 4.31 Å². The van der Waals surface area contributed by atoms with Crippen LogP contribution in [0.3, 0.4) is 0 Å². The Balaban J connectivity index is 1.80. The second-order valence-corrected chi connectivity index (χ2v) is 10.6. The van der Waals surface area contributed by atoms with Crippen LogP contribution >= 0.6 is 11.3 Å². The molecule has 11 heteroatoms. The molecule has 1 saturated heterocycles. The number of piperazine rings is 1. The van der Waals surface area contributed by atoms with E-state index in [1.54, 1.807) is 4.90 Å². The monoisotopic (exact) mass is 480 g/mol. The minimum atomic E-state index is -4.23. The van der Waals surface area contributed by atoms with Crippen LogP contribution in [0, 0.1) is 6.92 Å². The molecule has 0 bridgehead atoms. The van der Waals surface area contributed by atoms with Crippen molar-refractivity contribution in [3.63, 3.8) is 0 Å². The summed E-state index contributed by atoms with van der Waals surface area (Å²) in [7, 11) is -4.23. The van der Waals surface area contributed by atoms with E-state index in [9.17, 15) is 33.0 Å². The van der Waals surface area contributed by atoms with Gasteiger partial charge in [-0.05, 0) is 24.5 Å². The summed E-state index contributed by atoms with van der Waals surface area (Å²) in [5.41, 5.74) is 0.300. The lowest BCUT2D eigenvalue weighted by atomic mass is 9.95. The van der Waals surface area contributed by atoms with Crippen LogP contribution < -0.4 is 0 Å². The number of carbonyl (C=O) groups excluding carboxylic acids is 1. The van der Waals surface area contributed by atoms with Crippen molar-refractivity contribution in [2.45, 2.75) is 30.4 Å². The molecule has 0 spiro atoms. The van der Waals surface area contributed by atoms with E-state index >= 15 is 0 Å². The molecule has 9 nitrogen and oxygen atoms in total. The number of carboxylic acid groups (broad SMARTS) is 2. The highest BCUT2D eigenvalue weighted by atomic mass is 32.2. The van der Waals surface area contributed by atoms with Crippen LogP contribution in [0.4, 0.5) is 0 Å². The fourth-order valence-electron chi connectivity index (χ4n) is 3.85. The summed E-state index contributed by atoms with van der Waals surface area (Å²) in [5, 5.41) is 18.8. The maximum absolute atomic E-state index is 13.2. The smallest absolute Gasteiger partial charge is 0.346 e. The number of carboxylic acids is 2. The van der Waals surface area contributed by atoms with Gasteiger partial charge >= 0.3 is 11.9 Å². The van der Waals surface area contributed by atoms with Crippen LogP contribution in [-0.2, 0) is 14.8 Å². The van der Waals surface area contributed by atoms with Gasteiger partial charge in [-0.3, -0.25) is 4.79 Å². The van der Waals surface area contributed by atoms with Crippen LogP contribution in [0.2, 0.25) is 0 Å². The maximum atomic E-state index is 13.2. The second kappa shape index (κ2) is 9.39. The molecule has 1 aromatic heterocycles. The third kappa shape index (κ3) is 4.41. The Bertz CT molecular complexity index is 1130. The Morgan fingerprint density at radius 3 is 2.12 bits per heavy atom. The summed E-state index contributed by atoms with van der Waals surface area (Å²) in [6.07, 6.45) is 0.607. The van der Waals surface area contributed by atoms with Gasteiger partial charge in [-0.15, -0.1) is 11.3 Å². The number of thiophene rings is 1. The van der Waals surface area contributed by atoms with E-state index in [1.165, 1.54) is 6.92 Å². The zero-order valence-corrected chi connectivity index (χ0v) is 19.3. The van der Waals surface area contributed by atoms with Crippen molar-refractivity contribution < 1.29 is 33.0 Å². The highest BCUT2D eigenvalue weighted by Gasteiger charge is 2.38. The minimum absolute atomic E-state index is 0.00227. The Kier molecular flexibility index (Phi) is 7.01. The third-order valence-corrected chi connectivity index (χ3v) is 9.23. The lowest BCUT2D eigenvalue weighted by molar-refractivity contribution is -0.134. The molecule has 1 aliphatic heterocycles. The molecule has 0 saturated carbocycles. The normalized spacial score (nSPS) is 16.0. The topological polar surface area (TPSA) is 132 Å². The average Bonchev–Trinajstić information content (AvgIpc) is 3.13. The van der Waals surface area contributed by atoms with E-state index in [4.69, 9.17) is 0 Å². The average molecular weight is 481 g/mol. The first-order valence-electron chi connectivity index (χ1n) is 10.0. The zero-order valence-electron chi connectivity index (χ0n) is 17.6. The molecule has 0 radical (unpaired) electrons. The molecule has 32 heavy (non-hydrogen) atoms. The van der Waals surface area contributed by atoms with Crippen molar-refractivity contribution in [1.82, 2.24) is 9.21 Å². The van der Waals surface area contributed by atoms with Crippen LogP contribution in [0.1, 0.15) is 50.4 Å². The molecule has 2 aromatic rings. The lowest BCUT2D eigenvalue weighted by Crippen LogP contribution is -2.51. The van der Waals surface area contributed by atoms with Gasteiger partial charge in [0, 0.05) is 26.2 Å².